The van der Waals surface area contributed by atoms with E-state index < -0.39 is 0 Å². The molecule has 3 nitrogen and oxygen atoms in total. The van der Waals surface area contributed by atoms with Crippen LogP contribution in [0.3, 0.4) is 0 Å². The number of rotatable bonds is 4. The Balaban J connectivity index is 2.06. The van der Waals surface area contributed by atoms with Crippen molar-refractivity contribution in [1.29, 1.82) is 0 Å². The highest BCUT2D eigenvalue weighted by atomic mass is 32.2. The molecule has 0 radical (unpaired) electrons. The molecule has 0 unspecified atom stereocenters. The maximum atomic E-state index is 12.0. The summed E-state index contributed by atoms with van der Waals surface area (Å²) in [5.74, 6) is 0.683. The number of aromatic nitrogens is 1. The SMILES string of the molecule is Cc1ccccc1SCC(=O)c1cccnc1N. The van der Waals surface area contributed by atoms with Crippen LogP contribution in [0.15, 0.2) is 47.5 Å². The number of thioether (sulfide) groups is 1. The van der Waals surface area contributed by atoms with E-state index in [0.29, 0.717) is 17.1 Å². The summed E-state index contributed by atoms with van der Waals surface area (Å²) in [7, 11) is 0. The van der Waals surface area contributed by atoms with Crippen LogP contribution in [-0.4, -0.2) is 16.5 Å². The molecule has 0 spiro atoms. The number of nitrogens with zero attached hydrogens (tertiary/aromatic N) is 1. The first kappa shape index (κ1) is 12.6. The van der Waals surface area contributed by atoms with Crippen LogP contribution >= 0.6 is 11.8 Å². The maximum absolute atomic E-state index is 12.0. The van der Waals surface area contributed by atoms with E-state index in [4.69, 9.17) is 5.73 Å². The third-order valence-corrected chi connectivity index (χ3v) is 3.77. The van der Waals surface area contributed by atoms with Crippen molar-refractivity contribution in [1.82, 2.24) is 4.98 Å². The van der Waals surface area contributed by atoms with Gasteiger partial charge in [0.05, 0.1) is 11.3 Å². The Labute approximate surface area is 110 Å². The van der Waals surface area contributed by atoms with Crippen molar-refractivity contribution in [2.45, 2.75) is 11.8 Å². The van der Waals surface area contributed by atoms with Crippen LogP contribution < -0.4 is 5.73 Å². The van der Waals surface area contributed by atoms with Crippen LogP contribution in [0.4, 0.5) is 5.82 Å². The second kappa shape index (κ2) is 5.69. The lowest BCUT2D eigenvalue weighted by atomic mass is 10.2. The largest absolute Gasteiger partial charge is 0.383 e. The number of hydrogen-bond donors (Lipinski definition) is 1. The highest BCUT2D eigenvalue weighted by molar-refractivity contribution is 8.00. The third kappa shape index (κ3) is 2.90. The molecule has 0 saturated heterocycles. The van der Waals surface area contributed by atoms with Crippen LogP contribution in [0.25, 0.3) is 0 Å². The number of aryl methyl sites for hydroxylation is 1. The number of anilines is 1. The first-order chi connectivity index (χ1) is 8.68. The molecule has 92 valence electrons. The first-order valence-corrected chi connectivity index (χ1v) is 6.59. The van der Waals surface area contributed by atoms with Gasteiger partial charge in [0.25, 0.3) is 0 Å². The molecule has 2 rings (SSSR count). The Morgan fingerprint density at radius 2 is 2.06 bits per heavy atom. The monoisotopic (exact) mass is 258 g/mol. The average Bonchev–Trinajstić information content (AvgIpc) is 2.38. The number of pyridine rings is 1. The molecule has 1 heterocycles. The predicted molar refractivity (Wildman–Crippen MR) is 74.9 cm³/mol. The summed E-state index contributed by atoms with van der Waals surface area (Å²) in [6, 6.07) is 11.4. The number of nitrogen functional groups attached to an aromatic ring is 1. The lowest BCUT2D eigenvalue weighted by molar-refractivity contribution is 0.102. The molecule has 2 N–H and O–H groups in total. The van der Waals surface area contributed by atoms with Crippen molar-refractivity contribution in [3.8, 4) is 0 Å². The topological polar surface area (TPSA) is 56.0 Å². The van der Waals surface area contributed by atoms with Crippen LogP contribution in [-0.2, 0) is 0 Å². The summed E-state index contributed by atoms with van der Waals surface area (Å²) in [5.41, 5.74) is 7.35. The molecule has 0 aliphatic rings. The fourth-order valence-corrected chi connectivity index (χ4v) is 2.51. The van der Waals surface area contributed by atoms with E-state index in [9.17, 15) is 4.79 Å². The first-order valence-electron chi connectivity index (χ1n) is 5.60. The van der Waals surface area contributed by atoms with Gasteiger partial charge < -0.3 is 5.73 Å². The number of hydrogen-bond acceptors (Lipinski definition) is 4. The van der Waals surface area contributed by atoms with E-state index in [2.05, 4.69) is 4.98 Å². The number of carbonyl (C=O) groups excluding carboxylic acids is 1. The van der Waals surface area contributed by atoms with E-state index in [0.717, 1.165) is 4.90 Å². The molecule has 0 saturated carbocycles. The van der Waals surface area contributed by atoms with Gasteiger partial charge in [-0.3, -0.25) is 4.79 Å². The van der Waals surface area contributed by atoms with E-state index in [1.807, 2.05) is 31.2 Å². The summed E-state index contributed by atoms with van der Waals surface area (Å²) in [6.45, 7) is 2.03. The predicted octanol–water partition coefficient (Wildman–Crippen LogP) is 2.95. The van der Waals surface area contributed by atoms with Gasteiger partial charge in [-0.25, -0.2) is 4.98 Å². The smallest absolute Gasteiger partial charge is 0.176 e. The van der Waals surface area contributed by atoms with Gasteiger partial charge in [0.2, 0.25) is 0 Å². The van der Waals surface area contributed by atoms with Gasteiger partial charge in [-0.15, -0.1) is 11.8 Å². The molecule has 0 amide bonds. The molecule has 0 atom stereocenters. The number of ketones is 1. The summed E-state index contributed by atoms with van der Waals surface area (Å²) in [6.07, 6.45) is 1.58. The standard InChI is InChI=1S/C14H14N2OS/c1-10-5-2-3-7-13(10)18-9-12(17)11-6-4-8-16-14(11)15/h2-8H,9H2,1H3,(H2,15,16). The van der Waals surface area contributed by atoms with Crippen molar-refractivity contribution < 1.29 is 4.79 Å². The lowest BCUT2D eigenvalue weighted by Crippen LogP contribution is -2.07. The Bertz CT molecular complexity index is 569. The van der Waals surface area contributed by atoms with Gasteiger partial charge in [-0.2, -0.15) is 0 Å². The zero-order valence-electron chi connectivity index (χ0n) is 10.1. The Morgan fingerprint density at radius 3 is 2.78 bits per heavy atom. The van der Waals surface area contributed by atoms with Crippen LogP contribution in [0.5, 0.6) is 0 Å². The molecule has 18 heavy (non-hydrogen) atoms. The van der Waals surface area contributed by atoms with Gasteiger partial charge in [0, 0.05) is 11.1 Å². The number of nitrogens with two attached hydrogens (primary N) is 1. The lowest BCUT2D eigenvalue weighted by Gasteiger charge is -2.05. The van der Waals surface area contributed by atoms with Crippen molar-refractivity contribution in [2.75, 3.05) is 11.5 Å². The molecule has 0 aliphatic heterocycles. The second-order valence-corrected chi connectivity index (χ2v) is 4.93. The summed E-state index contributed by atoms with van der Waals surface area (Å²) in [5, 5.41) is 0. The van der Waals surface area contributed by atoms with Crippen LogP contribution in [0, 0.1) is 6.92 Å². The summed E-state index contributed by atoms with van der Waals surface area (Å²) < 4.78 is 0. The normalized spacial score (nSPS) is 10.3. The molecule has 4 heteroatoms. The van der Waals surface area contributed by atoms with Crippen molar-refractivity contribution >= 4 is 23.4 Å². The minimum atomic E-state index is 0.00820. The van der Waals surface area contributed by atoms with E-state index in [1.165, 1.54) is 17.3 Å². The van der Waals surface area contributed by atoms with Crippen molar-refractivity contribution in [3.05, 3.63) is 53.7 Å². The van der Waals surface area contributed by atoms with Gasteiger partial charge in [0.15, 0.2) is 5.78 Å². The van der Waals surface area contributed by atoms with Crippen molar-refractivity contribution in [2.24, 2.45) is 0 Å². The average molecular weight is 258 g/mol. The number of Topliss-reactive ketones (excluding diaryl/α,β-unsaturated/α-hetero) is 1. The minimum absolute atomic E-state index is 0.00820. The van der Waals surface area contributed by atoms with Crippen molar-refractivity contribution in [3.63, 3.8) is 0 Å². The van der Waals surface area contributed by atoms with E-state index in [1.54, 1.807) is 18.3 Å². The Kier molecular flexibility index (Phi) is 3.99. The molecule has 0 fully saturated rings. The summed E-state index contributed by atoms with van der Waals surface area (Å²) >= 11 is 1.53. The zero-order chi connectivity index (χ0) is 13.0. The molecule has 2 aromatic rings. The van der Waals surface area contributed by atoms with Gasteiger partial charge in [0.1, 0.15) is 5.82 Å². The molecule has 0 aliphatic carbocycles. The maximum Gasteiger partial charge on any atom is 0.176 e. The number of carbonyl (C=O) groups is 1. The third-order valence-electron chi connectivity index (χ3n) is 2.59. The second-order valence-electron chi connectivity index (χ2n) is 3.91. The fourth-order valence-electron chi connectivity index (χ4n) is 1.59. The molecular formula is C14H14N2OS. The molecule has 1 aromatic carbocycles. The highest BCUT2D eigenvalue weighted by Gasteiger charge is 2.10. The molecule has 1 aromatic heterocycles. The Morgan fingerprint density at radius 1 is 1.28 bits per heavy atom. The Hall–Kier alpha value is -1.81. The molecule has 0 bridgehead atoms. The van der Waals surface area contributed by atoms with E-state index >= 15 is 0 Å². The molecular weight excluding hydrogens is 244 g/mol. The fraction of sp³-hybridized carbons (Fsp3) is 0.143. The zero-order valence-corrected chi connectivity index (χ0v) is 10.9. The van der Waals surface area contributed by atoms with Crippen LogP contribution in [0.2, 0.25) is 0 Å². The van der Waals surface area contributed by atoms with Gasteiger partial charge in [-0.1, -0.05) is 18.2 Å². The van der Waals surface area contributed by atoms with E-state index in [-0.39, 0.29) is 5.78 Å². The van der Waals surface area contributed by atoms with Gasteiger partial charge in [-0.05, 0) is 30.7 Å². The van der Waals surface area contributed by atoms with Gasteiger partial charge >= 0.3 is 0 Å². The number of benzene rings is 1. The summed E-state index contributed by atoms with van der Waals surface area (Å²) in [4.78, 5) is 17.0. The minimum Gasteiger partial charge on any atom is -0.383 e. The highest BCUT2D eigenvalue weighted by Crippen LogP contribution is 2.23. The van der Waals surface area contributed by atoms with Crippen LogP contribution in [0.1, 0.15) is 15.9 Å². The quantitative estimate of drug-likeness (QED) is 0.676.